The minimum absolute atomic E-state index is 0.236. The molecule has 6 heteroatoms. The van der Waals surface area contributed by atoms with Gasteiger partial charge in [0.15, 0.2) is 0 Å². The first-order valence-corrected chi connectivity index (χ1v) is 8.56. The van der Waals surface area contributed by atoms with Crippen molar-refractivity contribution < 1.29 is 14.7 Å². The highest BCUT2D eigenvalue weighted by atomic mass is 32.2. The molecular formula is C16H22N2O3S. The predicted octanol–water partition coefficient (Wildman–Crippen LogP) is 3.27. The second-order valence-corrected chi connectivity index (χ2v) is 7.08. The Labute approximate surface area is 135 Å². The van der Waals surface area contributed by atoms with Gasteiger partial charge in [0.2, 0.25) is 0 Å². The number of nitrogens with one attached hydrogen (secondary N) is 1. The highest BCUT2D eigenvalue weighted by Gasteiger charge is 2.42. The molecule has 1 fully saturated rings. The number of carbonyl (C=O) groups excluding carboxylic acids is 1. The molecule has 1 saturated heterocycles. The molecule has 22 heavy (non-hydrogen) atoms. The predicted molar refractivity (Wildman–Crippen MR) is 89.2 cm³/mol. The van der Waals surface area contributed by atoms with E-state index in [1.165, 1.54) is 5.56 Å². The maximum Gasteiger partial charge on any atom is 0.321 e. The lowest BCUT2D eigenvalue weighted by Gasteiger charge is -2.20. The molecule has 1 aliphatic rings. The zero-order valence-corrected chi connectivity index (χ0v) is 13.8. The van der Waals surface area contributed by atoms with Crippen LogP contribution in [0.5, 0.6) is 0 Å². The van der Waals surface area contributed by atoms with Crippen molar-refractivity contribution in [2.24, 2.45) is 5.41 Å². The van der Waals surface area contributed by atoms with E-state index in [1.807, 2.05) is 36.0 Å². The summed E-state index contributed by atoms with van der Waals surface area (Å²) in [6.45, 7) is 4.53. The summed E-state index contributed by atoms with van der Waals surface area (Å²) in [7, 11) is 0. The van der Waals surface area contributed by atoms with Gasteiger partial charge in [-0.25, -0.2) is 4.79 Å². The zero-order valence-electron chi connectivity index (χ0n) is 13.0. The highest BCUT2D eigenvalue weighted by molar-refractivity contribution is 7.98. The van der Waals surface area contributed by atoms with Gasteiger partial charge in [0.25, 0.3) is 0 Å². The first-order chi connectivity index (χ1) is 10.4. The summed E-state index contributed by atoms with van der Waals surface area (Å²) in [4.78, 5) is 25.0. The number of carboxylic acid groups (broad SMARTS) is 1. The molecule has 1 aliphatic heterocycles. The Kier molecular flexibility index (Phi) is 5.34. The second-order valence-electron chi connectivity index (χ2n) is 5.80. The molecule has 2 amide bonds. The number of hydrogen-bond acceptors (Lipinski definition) is 3. The van der Waals surface area contributed by atoms with Gasteiger partial charge in [-0.2, -0.15) is 11.8 Å². The van der Waals surface area contributed by atoms with Crippen LogP contribution in [-0.4, -0.2) is 40.8 Å². The standard InChI is InChI=1S/C16H22N2O3S/c1-3-22-10-12-4-6-13(7-5-12)17-15(21)18-9-8-16(2,11-18)14(19)20/h4-7H,3,8-11H2,1-2H3,(H,17,21)(H,19,20). The summed E-state index contributed by atoms with van der Waals surface area (Å²) >= 11 is 1.85. The Hall–Kier alpha value is -1.69. The first-order valence-electron chi connectivity index (χ1n) is 7.40. The summed E-state index contributed by atoms with van der Waals surface area (Å²) in [5.74, 6) is 1.20. The Balaban J connectivity index is 1.91. The fourth-order valence-electron chi connectivity index (χ4n) is 2.42. The van der Waals surface area contributed by atoms with E-state index in [0.717, 1.165) is 17.2 Å². The number of thioether (sulfide) groups is 1. The summed E-state index contributed by atoms with van der Waals surface area (Å²) in [5.41, 5.74) is 1.13. The highest BCUT2D eigenvalue weighted by Crippen LogP contribution is 2.30. The van der Waals surface area contributed by atoms with Crippen LogP contribution in [0.1, 0.15) is 25.8 Å². The molecule has 0 saturated carbocycles. The van der Waals surface area contributed by atoms with Crippen molar-refractivity contribution in [2.45, 2.75) is 26.0 Å². The molecule has 1 atom stereocenters. The van der Waals surface area contributed by atoms with Crippen molar-refractivity contribution in [1.29, 1.82) is 0 Å². The average molecular weight is 322 g/mol. The number of anilines is 1. The van der Waals surface area contributed by atoms with E-state index in [2.05, 4.69) is 12.2 Å². The second kappa shape index (κ2) is 7.05. The van der Waals surface area contributed by atoms with Crippen LogP contribution in [0.3, 0.4) is 0 Å². The third-order valence-corrected chi connectivity index (χ3v) is 4.90. The smallest absolute Gasteiger partial charge is 0.321 e. The Bertz CT molecular complexity index is 547. The van der Waals surface area contributed by atoms with Gasteiger partial charge in [0.1, 0.15) is 0 Å². The maximum absolute atomic E-state index is 12.2. The van der Waals surface area contributed by atoms with Crippen LogP contribution in [0.15, 0.2) is 24.3 Å². The molecule has 1 heterocycles. The lowest BCUT2D eigenvalue weighted by atomic mass is 9.90. The van der Waals surface area contributed by atoms with Crippen LogP contribution in [0.4, 0.5) is 10.5 Å². The van der Waals surface area contributed by atoms with Gasteiger partial charge >= 0.3 is 12.0 Å². The number of carbonyl (C=O) groups is 2. The molecule has 2 rings (SSSR count). The van der Waals surface area contributed by atoms with Gasteiger partial charge in [-0.15, -0.1) is 0 Å². The van der Waals surface area contributed by atoms with Gasteiger partial charge in [0, 0.05) is 24.5 Å². The van der Waals surface area contributed by atoms with E-state index in [-0.39, 0.29) is 12.6 Å². The van der Waals surface area contributed by atoms with Crippen molar-refractivity contribution in [1.82, 2.24) is 4.90 Å². The van der Waals surface area contributed by atoms with E-state index in [4.69, 9.17) is 0 Å². The van der Waals surface area contributed by atoms with E-state index in [9.17, 15) is 14.7 Å². The van der Waals surface area contributed by atoms with Gasteiger partial charge in [-0.05, 0) is 36.8 Å². The first kappa shape index (κ1) is 16.7. The zero-order chi connectivity index (χ0) is 16.2. The number of likely N-dealkylation sites (tertiary alicyclic amines) is 1. The van der Waals surface area contributed by atoms with E-state index < -0.39 is 11.4 Å². The number of benzene rings is 1. The molecule has 0 aliphatic carbocycles. The molecule has 0 bridgehead atoms. The fourth-order valence-corrected chi connectivity index (χ4v) is 3.05. The summed E-state index contributed by atoms with van der Waals surface area (Å²) in [6.07, 6.45) is 0.489. The molecular weight excluding hydrogens is 300 g/mol. The topological polar surface area (TPSA) is 69.6 Å². The van der Waals surface area contributed by atoms with Crippen molar-refractivity contribution in [3.63, 3.8) is 0 Å². The summed E-state index contributed by atoms with van der Waals surface area (Å²) in [5, 5.41) is 12.0. The molecule has 1 aromatic carbocycles. The largest absolute Gasteiger partial charge is 0.481 e. The number of amides is 2. The van der Waals surface area contributed by atoms with Crippen LogP contribution in [-0.2, 0) is 10.5 Å². The molecule has 1 aromatic rings. The normalized spacial score (nSPS) is 20.9. The molecule has 1 unspecified atom stereocenters. The third-order valence-electron chi connectivity index (χ3n) is 3.95. The minimum Gasteiger partial charge on any atom is -0.481 e. The van der Waals surface area contributed by atoms with Crippen molar-refractivity contribution >= 4 is 29.4 Å². The van der Waals surface area contributed by atoms with Crippen LogP contribution < -0.4 is 5.32 Å². The SMILES string of the molecule is CCSCc1ccc(NC(=O)N2CCC(C)(C(=O)O)C2)cc1. The van der Waals surface area contributed by atoms with Gasteiger partial charge in [0.05, 0.1) is 5.41 Å². The number of carboxylic acids is 1. The Morgan fingerprint density at radius 3 is 2.59 bits per heavy atom. The van der Waals surface area contributed by atoms with Crippen LogP contribution >= 0.6 is 11.8 Å². The lowest BCUT2D eigenvalue weighted by molar-refractivity contribution is -0.146. The fraction of sp³-hybridized carbons (Fsp3) is 0.500. The number of urea groups is 1. The number of nitrogens with zero attached hydrogens (tertiary/aromatic N) is 1. The molecule has 2 N–H and O–H groups in total. The monoisotopic (exact) mass is 322 g/mol. The number of hydrogen-bond donors (Lipinski definition) is 2. The molecule has 5 nitrogen and oxygen atoms in total. The number of aliphatic carboxylic acids is 1. The maximum atomic E-state index is 12.2. The lowest BCUT2D eigenvalue weighted by Crippen LogP contribution is -2.37. The summed E-state index contributed by atoms with van der Waals surface area (Å²) in [6, 6.07) is 7.54. The Morgan fingerprint density at radius 2 is 2.05 bits per heavy atom. The molecule has 0 aromatic heterocycles. The van der Waals surface area contributed by atoms with E-state index in [1.54, 1.807) is 11.8 Å². The van der Waals surface area contributed by atoms with Crippen molar-refractivity contribution in [3.05, 3.63) is 29.8 Å². The molecule has 0 spiro atoms. The third kappa shape index (κ3) is 3.94. The van der Waals surface area contributed by atoms with Gasteiger partial charge in [-0.3, -0.25) is 4.79 Å². The van der Waals surface area contributed by atoms with Gasteiger partial charge in [-0.1, -0.05) is 19.1 Å². The quantitative estimate of drug-likeness (QED) is 0.873. The number of rotatable bonds is 5. The minimum atomic E-state index is -0.847. The molecule has 120 valence electrons. The van der Waals surface area contributed by atoms with E-state index >= 15 is 0 Å². The summed E-state index contributed by atoms with van der Waals surface area (Å²) < 4.78 is 0. The van der Waals surface area contributed by atoms with Crippen LogP contribution in [0.2, 0.25) is 0 Å². The van der Waals surface area contributed by atoms with Gasteiger partial charge < -0.3 is 15.3 Å². The Morgan fingerprint density at radius 1 is 1.36 bits per heavy atom. The van der Waals surface area contributed by atoms with Crippen molar-refractivity contribution in [2.75, 3.05) is 24.2 Å². The average Bonchev–Trinajstić information content (AvgIpc) is 2.91. The molecule has 0 radical (unpaired) electrons. The van der Waals surface area contributed by atoms with Crippen LogP contribution in [0.25, 0.3) is 0 Å². The van der Waals surface area contributed by atoms with E-state index in [0.29, 0.717) is 13.0 Å². The van der Waals surface area contributed by atoms with Crippen molar-refractivity contribution in [3.8, 4) is 0 Å². The van der Waals surface area contributed by atoms with Crippen LogP contribution in [0, 0.1) is 5.41 Å².